The SMILES string of the molecule is N#Cc1ccc(N2C(=O)N(c3cccc(S(N)(=O)=O)n3)C3CCCCC32)cc1C(F)(F)F. The van der Waals surface area contributed by atoms with Crippen LogP contribution in [0.4, 0.5) is 29.5 Å². The van der Waals surface area contributed by atoms with Crippen LogP contribution in [0.3, 0.4) is 0 Å². The number of urea groups is 1. The van der Waals surface area contributed by atoms with Crippen LogP contribution in [0.5, 0.6) is 0 Å². The van der Waals surface area contributed by atoms with Crippen molar-refractivity contribution in [2.24, 2.45) is 5.14 Å². The molecule has 1 aliphatic heterocycles. The molecule has 0 spiro atoms. The molecule has 2 unspecified atom stereocenters. The normalized spacial score (nSPS) is 21.4. The minimum atomic E-state index is -4.76. The van der Waals surface area contributed by atoms with Crippen molar-refractivity contribution >= 4 is 27.6 Å². The largest absolute Gasteiger partial charge is 0.417 e. The summed E-state index contributed by atoms with van der Waals surface area (Å²) in [6, 6.07) is 7.32. The summed E-state index contributed by atoms with van der Waals surface area (Å²) in [5, 5.41) is 13.8. The summed E-state index contributed by atoms with van der Waals surface area (Å²) < 4.78 is 63.9. The Bertz CT molecular complexity index is 1230. The Morgan fingerprint density at radius 3 is 2.34 bits per heavy atom. The first-order valence-electron chi connectivity index (χ1n) is 9.76. The number of carbonyl (C=O) groups excluding carboxylic acids is 1. The van der Waals surface area contributed by atoms with Crippen LogP contribution in [0.15, 0.2) is 41.4 Å². The lowest BCUT2D eigenvalue weighted by Crippen LogP contribution is -2.40. The van der Waals surface area contributed by atoms with Crippen molar-refractivity contribution in [2.75, 3.05) is 9.80 Å². The Morgan fingerprint density at radius 2 is 1.75 bits per heavy atom. The molecular weight excluding hydrogens is 447 g/mol. The zero-order valence-corrected chi connectivity index (χ0v) is 17.4. The Morgan fingerprint density at radius 1 is 1.09 bits per heavy atom. The number of alkyl halides is 3. The van der Waals surface area contributed by atoms with E-state index >= 15 is 0 Å². The molecule has 1 saturated heterocycles. The highest BCUT2D eigenvalue weighted by Crippen LogP contribution is 2.41. The molecule has 2 aromatic rings. The zero-order chi connectivity index (χ0) is 23.3. The lowest BCUT2D eigenvalue weighted by Gasteiger charge is -2.31. The Hall–Kier alpha value is -3.17. The van der Waals surface area contributed by atoms with E-state index in [4.69, 9.17) is 10.4 Å². The molecule has 168 valence electrons. The molecule has 0 bridgehead atoms. The third-order valence-electron chi connectivity index (χ3n) is 5.72. The number of hydrogen-bond acceptors (Lipinski definition) is 5. The maximum absolute atomic E-state index is 13.5. The fraction of sp³-hybridized carbons (Fsp3) is 0.350. The molecule has 1 aromatic heterocycles. The molecule has 1 saturated carbocycles. The number of aromatic nitrogens is 1. The number of fused-ring (bicyclic) bond motifs is 1. The van der Waals surface area contributed by atoms with Crippen LogP contribution in [0, 0.1) is 11.3 Å². The van der Waals surface area contributed by atoms with Crippen LogP contribution in [0.1, 0.15) is 36.8 Å². The third kappa shape index (κ3) is 3.78. The summed E-state index contributed by atoms with van der Waals surface area (Å²) >= 11 is 0. The number of pyridine rings is 1. The average Bonchev–Trinajstić information content (AvgIpc) is 3.04. The molecule has 2 fully saturated rings. The molecule has 2 heterocycles. The number of hydrogen-bond donors (Lipinski definition) is 1. The maximum Gasteiger partial charge on any atom is 0.417 e. The summed E-state index contributed by atoms with van der Waals surface area (Å²) in [5.74, 6) is 0.0608. The van der Waals surface area contributed by atoms with E-state index in [1.54, 1.807) is 0 Å². The van der Waals surface area contributed by atoms with Gasteiger partial charge in [0.15, 0.2) is 5.03 Å². The first-order chi connectivity index (χ1) is 15.0. The molecular formula is C20H18F3N5O3S. The number of halogens is 3. The van der Waals surface area contributed by atoms with Gasteiger partial charge in [0.05, 0.1) is 29.3 Å². The highest BCUT2D eigenvalue weighted by molar-refractivity contribution is 7.89. The first-order valence-corrected chi connectivity index (χ1v) is 11.3. The predicted molar refractivity (Wildman–Crippen MR) is 108 cm³/mol. The smallest absolute Gasteiger partial charge is 0.289 e. The zero-order valence-electron chi connectivity index (χ0n) is 16.6. The Kier molecular flexibility index (Phi) is 5.34. The van der Waals surface area contributed by atoms with Crippen molar-refractivity contribution in [1.82, 2.24) is 4.98 Å². The Balaban J connectivity index is 1.81. The molecule has 12 heteroatoms. The highest BCUT2D eigenvalue weighted by atomic mass is 32.2. The lowest BCUT2D eigenvalue weighted by atomic mass is 9.90. The van der Waals surface area contributed by atoms with Crippen LogP contribution in [0.25, 0.3) is 0 Å². The van der Waals surface area contributed by atoms with Gasteiger partial charge in [-0.3, -0.25) is 9.80 Å². The average molecular weight is 465 g/mol. The second-order valence-electron chi connectivity index (χ2n) is 7.66. The molecule has 2 aliphatic rings. The topological polar surface area (TPSA) is 120 Å². The van der Waals surface area contributed by atoms with Crippen molar-refractivity contribution < 1.29 is 26.4 Å². The van der Waals surface area contributed by atoms with E-state index < -0.39 is 50.5 Å². The maximum atomic E-state index is 13.5. The number of benzene rings is 1. The second kappa shape index (κ2) is 7.75. The van der Waals surface area contributed by atoms with E-state index in [0.29, 0.717) is 12.8 Å². The number of nitriles is 1. The molecule has 4 rings (SSSR count). The molecule has 1 aliphatic carbocycles. The van der Waals surface area contributed by atoms with Crippen molar-refractivity contribution in [3.05, 3.63) is 47.5 Å². The molecule has 0 radical (unpaired) electrons. The van der Waals surface area contributed by atoms with Gasteiger partial charge in [0.1, 0.15) is 5.82 Å². The lowest BCUT2D eigenvalue weighted by molar-refractivity contribution is -0.137. The van der Waals surface area contributed by atoms with Gasteiger partial charge in [0.2, 0.25) is 0 Å². The van der Waals surface area contributed by atoms with Crippen molar-refractivity contribution in [2.45, 2.75) is 49.0 Å². The molecule has 2 N–H and O–H groups in total. The monoisotopic (exact) mass is 465 g/mol. The van der Waals surface area contributed by atoms with E-state index in [9.17, 15) is 26.4 Å². The Labute approximate surface area is 182 Å². The minimum Gasteiger partial charge on any atom is -0.289 e. The predicted octanol–water partition coefficient (Wildman–Crippen LogP) is 3.38. The third-order valence-corrected chi connectivity index (χ3v) is 6.53. The quantitative estimate of drug-likeness (QED) is 0.745. The first kappa shape index (κ1) is 22.0. The minimum absolute atomic E-state index is 0.0170. The van der Waals surface area contributed by atoms with Crippen molar-refractivity contribution in [3.63, 3.8) is 0 Å². The van der Waals surface area contributed by atoms with Crippen LogP contribution in [-0.2, 0) is 16.2 Å². The van der Waals surface area contributed by atoms with Gasteiger partial charge in [0, 0.05) is 5.69 Å². The van der Waals surface area contributed by atoms with Crippen LogP contribution in [0.2, 0.25) is 0 Å². The molecule has 8 nitrogen and oxygen atoms in total. The van der Waals surface area contributed by atoms with Gasteiger partial charge in [-0.1, -0.05) is 18.9 Å². The van der Waals surface area contributed by atoms with Crippen LogP contribution in [-0.4, -0.2) is 31.5 Å². The molecule has 2 amide bonds. The van der Waals surface area contributed by atoms with Gasteiger partial charge >= 0.3 is 12.2 Å². The number of nitrogens with two attached hydrogens (primary N) is 1. The molecule has 2 atom stereocenters. The fourth-order valence-electron chi connectivity index (χ4n) is 4.37. The van der Waals surface area contributed by atoms with Gasteiger partial charge in [0.25, 0.3) is 10.0 Å². The number of carbonyl (C=O) groups is 1. The van der Waals surface area contributed by atoms with Gasteiger partial charge < -0.3 is 0 Å². The van der Waals surface area contributed by atoms with E-state index in [1.165, 1.54) is 40.1 Å². The molecule has 1 aromatic carbocycles. The van der Waals surface area contributed by atoms with E-state index in [-0.39, 0.29) is 11.5 Å². The van der Waals surface area contributed by atoms with Gasteiger partial charge in [-0.05, 0) is 43.2 Å². The number of rotatable bonds is 3. The summed E-state index contributed by atoms with van der Waals surface area (Å²) in [5.41, 5.74) is -1.64. The standard InChI is InChI=1S/C20H18F3N5O3S/c21-20(22,23)14-10-13(9-8-12(14)11-24)27-15-4-1-2-5-16(15)28(19(27)29)17-6-3-7-18(26-17)32(25,30)31/h3,6-10,15-16H,1-2,4-5H2,(H2,25,30,31). The number of anilines is 2. The highest BCUT2D eigenvalue weighted by Gasteiger charge is 2.49. The van der Waals surface area contributed by atoms with E-state index in [2.05, 4.69) is 4.98 Å². The number of sulfonamides is 1. The summed E-state index contributed by atoms with van der Waals surface area (Å²) in [6.07, 6.45) is -2.04. The second-order valence-corrected chi connectivity index (χ2v) is 9.17. The van der Waals surface area contributed by atoms with Crippen LogP contribution >= 0.6 is 0 Å². The molecule has 32 heavy (non-hydrogen) atoms. The van der Waals surface area contributed by atoms with Crippen molar-refractivity contribution in [3.8, 4) is 6.07 Å². The summed E-state index contributed by atoms with van der Waals surface area (Å²) in [4.78, 5) is 20.1. The fourth-order valence-corrected chi connectivity index (χ4v) is 4.86. The summed E-state index contributed by atoms with van der Waals surface area (Å²) in [6.45, 7) is 0. The number of nitrogens with zero attached hydrogens (tertiary/aromatic N) is 4. The van der Waals surface area contributed by atoms with Crippen molar-refractivity contribution in [1.29, 1.82) is 5.26 Å². The summed E-state index contributed by atoms with van der Waals surface area (Å²) in [7, 11) is -4.12. The van der Waals surface area contributed by atoms with E-state index in [1.807, 2.05) is 0 Å². The van der Waals surface area contributed by atoms with Crippen LogP contribution < -0.4 is 14.9 Å². The number of primary sulfonamides is 1. The van der Waals surface area contributed by atoms with Gasteiger partial charge in [-0.25, -0.2) is 23.3 Å². The van der Waals surface area contributed by atoms with E-state index in [0.717, 1.165) is 25.0 Å². The number of amides is 2. The van der Waals surface area contributed by atoms with Gasteiger partial charge in [-0.15, -0.1) is 0 Å². The van der Waals surface area contributed by atoms with Gasteiger partial charge in [-0.2, -0.15) is 18.4 Å².